The van der Waals surface area contributed by atoms with Gasteiger partial charge < -0.3 is 9.88 Å². The first-order chi connectivity index (χ1) is 8.27. The first kappa shape index (κ1) is 12.6. The van der Waals surface area contributed by atoms with Crippen LogP contribution in [-0.2, 0) is 6.54 Å². The van der Waals surface area contributed by atoms with E-state index >= 15 is 0 Å². The smallest absolute Gasteiger partial charge is 0.0946 e. The maximum Gasteiger partial charge on any atom is 0.0946 e. The van der Waals surface area contributed by atoms with E-state index in [9.17, 15) is 0 Å². The number of aromatic nitrogens is 2. The highest BCUT2D eigenvalue weighted by atomic mass is 15.0. The third-order valence-electron chi connectivity index (χ3n) is 4.01. The van der Waals surface area contributed by atoms with E-state index in [1.807, 2.05) is 18.7 Å². The van der Waals surface area contributed by atoms with Gasteiger partial charge in [-0.05, 0) is 24.7 Å². The van der Waals surface area contributed by atoms with Gasteiger partial charge in [-0.2, -0.15) is 0 Å². The lowest BCUT2D eigenvalue weighted by molar-refractivity contribution is 0.205. The molecular weight excluding hydrogens is 210 g/mol. The second-order valence-electron chi connectivity index (χ2n) is 5.55. The van der Waals surface area contributed by atoms with Gasteiger partial charge in [0.2, 0.25) is 0 Å². The highest BCUT2D eigenvalue weighted by Gasteiger charge is 2.26. The van der Waals surface area contributed by atoms with Crippen molar-refractivity contribution < 1.29 is 0 Å². The van der Waals surface area contributed by atoms with Crippen molar-refractivity contribution in [1.29, 1.82) is 0 Å². The number of imidazole rings is 1. The summed E-state index contributed by atoms with van der Waals surface area (Å²) in [7, 11) is 0. The molecule has 0 aromatic carbocycles. The van der Waals surface area contributed by atoms with Crippen LogP contribution in [0.4, 0.5) is 0 Å². The highest BCUT2D eigenvalue weighted by molar-refractivity contribution is 4.83. The number of hydrogen-bond acceptors (Lipinski definition) is 2. The summed E-state index contributed by atoms with van der Waals surface area (Å²) in [6.07, 6.45) is 11.3. The highest BCUT2D eigenvalue weighted by Crippen LogP contribution is 2.29. The van der Waals surface area contributed by atoms with Gasteiger partial charge >= 0.3 is 0 Å². The Kier molecular flexibility index (Phi) is 4.60. The van der Waals surface area contributed by atoms with Crippen LogP contribution in [0.25, 0.3) is 0 Å². The van der Waals surface area contributed by atoms with Gasteiger partial charge in [0.25, 0.3) is 0 Å². The summed E-state index contributed by atoms with van der Waals surface area (Å²) in [6, 6.07) is 0.729. The molecule has 1 fully saturated rings. The van der Waals surface area contributed by atoms with Gasteiger partial charge in [-0.15, -0.1) is 0 Å². The van der Waals surface area contributed by atoms with Crippen molar-refractivity contribution in [2.24, 2.45) is 11.8 Å². The first-order valence-electron chi connectivity index (χ1n) is 6.96. The number of nitrogens with one attached hydrogen (secondary N) is 1. The minimum atomic E-state index is 0.729. The van der Waals surface area contributed by atoms with E-state index in [0.717, 1.165) is 31.0 Å². The second-order valence-corrected chi connectivity index (χ2v) is 5.55. The fourth-order valence-corrected chi connectivity index (χ4v) is 3.01. The molecule has 17 heavy (non-hydrogen) atoms. The lowest BCUT2D eigenvalue weighted by Crippen LogP contribution is -2.42. The van der Waals surface area contributed by atoms with Gasteiger partial charge in [0.05, 0.1) is 6.33 Å². The molecule has 0 amide bonds. The van der Waals surface area contributed by atoms with E-state index in [1.165, 1.54) is 25.7 Å². The lowest BCUT2D eigenvalue weighted by atomic mass is 9.78. The van der Waals surface area contributed by atoms with Crippen LogP contribution in [0.3, 0.4) is 0 Å². The second kappa shape index (κ2) is 6.20. The molecule has 1 aliphatic carbocycles. The first-order valence-corrected chi connectivity index (χ1v) is 6.96. The van der Waals surface area contributed by atoms with Crippen molar-refractivity contribution in [1.82, 2.24) is 14.9 Å². The molecule has 2 rings (SSSR count). The van der Waals surface area contributed by atoms with Crippen LogP contribution in [0.1, 0.15) is 39.5 Å². The predicted molar refractivity (Wildman–Crippen MR) is 70.8 cm³/mol. The molecule has 1 N–H and O–H groups in total. The van der Waals surface area contributed by atoms with E-state index in [1.54, 1.807) is 0 Å². The summed E-state index contributed by atoms with van der Waals surface area (Å²) in [5.74, 6) is 1.67. The number of hydrogen-bond donors (Lipinski definition) is 1. The fourth-order valence-electron chi connectivity index (χ4n) is 3.01. The average Bonchev–Trinajstić information content (AvgIpc) is 2.82. The van der Waals surface area contributed by atoms with Crippen LogP contribution in [0, 0.1) is 11.8 Å². The Hall–Kier alpha value is -0.830. The zero-order chi connectivity index (χ0) is 12.1. The summed E-state index contributed by atoms with van der Waals surface area (Å²) >= 11 is 0. The molecule has 2 atom stereocenters. The number of nitrogens with zero attached hydrogens (tertiary/aromatic N) is 2. The molecule has 0 bridgehead atoms. The van der Waals surface area contributed by atoms with Crippen LogP contribution >= 0.6 is 0 Å². The molecule has 1 heterocycles. The Bertz CT molecular complexity index is 305. The summed E-state index contributed by atoms with van der Waals surface area (Å²) in [5, 5.41) is 3.74. The maximum absolute atomic E-state index is 4.07. The monoisotopic (exact) mass is 235 g/mol. The summed E-state index contributed by atoms with van der Waals surface area (Å²) in [6.45, 7) is 6.81. The molecule has 3 nitrogen and oxygen atoms in total. The van der Waals surface area contributed by atoms with Crippen molar-refractivity contribution in [3.05, 3.63) is 18.7 Å². The third-order valence-corrected chi connectivity index (χ3v) is 4.01. The third kappa shape index (κ3) is 3.56. The normalized spacial score (nSPS) is 25.4. The molecule has 1 aromatic heterocycles. The Labute approximate surface area is 105 Å². The van der Waals surface area contributed by atoms with E-state index in [2.05, 4.69) is 28.7 Å². The van der Waals surface area contributed by atoms with E-state index in [0.29, 0.717) is 0 Å². The molecule has 1 saturated carbocycles. The van der Waals surface area contributed by atoms with Crippen molar-refractivity contribution in [2.75, 3.05) is 6.54 Å². The van der Waals surface area contributed by atoms with Crippen LogP contribution < -0.4 is 5.32 Å². The van der Waals surface area contributed by atoms with E-state index in [4.69, 9.17) is 0 Å². The SMILES string of the molecule is CC(C)C1CCCCC1NCCn1ccnc1. The molecule has 0 saturated heterocycles. The fraction of sp³-hybridized carbons (Fsp3) is 0.786. The molecule has 0 aliphatic heterocycles. The largest absolute Gasteiger partial charge is 0.336 e. The minimum Gasteiger partial charge on any atom is -0.336 e. The standard InChI is InChI=1S/C14H25N3/c1-12(2)13-5-3-4-6-14(13)16-8-10-17-9-7-15-11-17/h7,9,11-14,16H,3-6,8,10H2,1-2H3. The minimum absolute atomic E-state index is 0.729. The zero-order valence-corrected chi connectivity index (χ0v) is 11.1. The Balaban J connectivity index is 1.76. The van der Waals surface area contributed by atoms with Crippen molar-refractivity contribution in [3.8, 4) is 0 Å². The van der Waals surface area contributed by atoms with Gasteiger partial charge in [0, 0.05) is 31.5 Å². The van der Waals surface area contributed by atoms with Crippen LogP contribution in [0.2, 0.25) is 0 Å². The molecular formula is C14H25N3. The topological polar surface area (TPSA) is 29.9 Å². The van der Waals surface area contributed by atoms with Crippen molar-refractivity contribution in [3.63, 3.8) is 0 Å². The summed E-state index contributed by atoms with van der Waals surface area (Å²) < 4.78 is 2.14. The van der Waals surface area contributed by atoms with Gasteiger partial charge in [-0.3, -0.25) is 0 Å². The molecule has 1 aliphatic rings. The van der Waals surface area contributed by atoms with Gasteiger partial charge in [0.1, 0.15) is 0 Å². The molecule has 96 valence electrons. The zero-order valence-electron chi connectivity index (χ0n) is 11.1. The molecule has 0 spiro atoms. The molecule has 0 radical (unpaired) electrons. The van der Waals surface area contributed by atoms with E-state index in [-0.39, 0.29) is 0 Å². The van der Waals surface area contributed by atoms with E-state index < -0.39 is 0 Å². The predicted octanol–water partition coefficient (Wildman–Crippen LogP) is 2.69. The average molecular weight is 235 g/mol. The van der Waals surface area contributed by atoms with Crippen molar-refractivity contribution >= 4 is 0 Å². The van der Waals surface area contributed by atoms with Crippen LogP contribution in [-0.4, -0.2) is 22.1 Å². The quantitative estimate of drug-likeness (QED) is 0.850. The number of rotatable bonds is 5. The molecule has 3 heteroatoms. The van der Waals surface area contributed by atoms with Gasteiger partial charge in [-0.1, -0.05) is 26.7 Å². The lowest BCUT2D eigenvalue weighted by Gasteiger charge is -2.35. The maximum atomic E-state index is 4.07. The van der Waals surface area contributed by atoms with Gasteiger partial charge in [-0.25, -0.2) is 4.98 Å². The molecule has 1 aromatic rings. The van der Waals surface area contributed by atoms with Crippen LogP contribution in [0.5, 0.6) is 0 Å². The van der Waals surface area contributed by atoms with Gasteiger partial charge in [0.15, 0.2) is 0 Å². The Morgan fingerprint density at radius 3 is 2.88 bits per heavy atom. The summed E-state index contributed by atoms with van der Waals surface area (Å²) in [5.41, 5.74) is 0. The summed E-state index contributed by atoms with van der Waals surface area (Å²) in [4.78, 5) is 4.07. The molecule has 2 unspecified atom stereocenters. The van der Waals surface area contributed by atoms with Crippen molar-refractivity contribution in [2.45, 2.75) is 52.1 Å². The van der Waals surface area contributed by atoms with Crippen LogP contribution in [0.15, 0.2) is 18.7 Å². The Morgan fingerprint density at radius 2 is 2.18 bits per heavy atom. The Morgan fingerprint density at radius 1 is 1.35 bits per heavy atom.